The number of pyridine rings is 1. The van der Waals surface area contributed by atoms with E-state index in [1.165, 1.54) is 30.5 Å². The molecule has 2 aromatic carbocycles. The van der Waals surface area contributed by atoms with Crippen molar-refractivity contribution in [2.75, 3.05) is 37.7 Å². The van der Waals surface area contributed by atoms with Crippen LogP contribution >= 0.6 is 0 Å². The highest BCUT2D eigenvalue weighted by atomic mass is 19.3. The molecular weight excluding hydrogens is 688 g/mol. The quantitative estimate of drug-likeness (QED) is 0.167. The van der Waals surface area contributed by atoms with Crippen molar-refractivity contribution in [2.24, 2.45) is 10.8 Å². The predicted octanol–water partition coefficient (Wildman–Crippen LogP) is 6.73. The summed E-state index contributed by atoms with van der Waals surface area (Å²) < 4.78 is 65.9. The number of benzene rings is 2. The van der Waals surface area contributed by atoms with Gasteiger partial charge in [-0.2, -0.15) is 9.97 Å². The van der Waals surface area contributed by atoms with Crippen molar-refractivity contribution in [3.8, 4) is 35.4 Å². The number of carbonyl (C=O) groups excluding carboxylic acids is 1. The SMILES string of the molecule is C#Cc1c(F)ccc2cc(O)cc(-c3ncc4c(N5C[C@H]6CC[C@@H](C5)N6)nc(OCC56CCC(C(=O)N7CCC(F)(F)CC7)(CC5)CC6)nc4c3F)c12. The number of alkyl halides is 2. The number of hydrogen-bond acceptors (Lipinski definition) is 8. The minimum atomic E-state index is -2.71. The lowest BCUT2D eigenvalue weighted by molar-refractivity contribution is -0.158. The predicted molar refractivity (Wildman–Crippen MR) is 191 cm³/mol. The molecule has 10 rings (SSSR count). The zero-order valence-electron chi connectivity index (χ0n) is 29.2. The van der Waals surface area contributed by atoms with Gasteiger partial charge in [0.25, 0.3) is 5.92 Å². The van der Waals surface area contributed by atoms with Gasteiger partial charge in [-0.15, -0.1) is 6.42 Å². The number of aromatic nitrogens is 3. The average molecular weight is 729 g/mol. The molecule has 0 spiro atoms. The number of piperidine rings is 1. The number of anilines is 1. The van der Waals surface area contributed by atoms with E-state index in [0.717, 1.165) is 32.1 Å². The van der Waals surface area contributed by atoms with Gasteiger partial charge < -0.3 is 25.0 Å². The Balaban J connectivity index is 1.04. The Kier molecular flexibility index (Phi) is 8.00. The average Bonchev–Trinajstić information content (AvgIpc) is 3.51. The van der Waals surface area contributed by atoms with Crippen LogP contribution in [-0.4, -0.2) is 81.7 Å². The van der Waals surface area contributed by atoms with E-state index in [-0.39, 0.29) is 95.4 Å². The van der Waals surface area contributed by atoms with Gasteiger partial charge in [0.15, 0.2) is 5.82 Å². The number of phenols is 1. The van der Waals surface area contributed by atoms with Crippen LogP contribution in [0.5, 0.6) is 11.8 Å². The molecule has 4 aromatic rings. The molecule has 4 bridgehead atoms. The first-order valence-electron chi connectivity index (χ1n) is 18.5. The Morgan fingerprint density at radius 3 is 2.38 bits per heavy atom. The molecule has 3 aliphatic heterocycles. The number of nitrogens with one attached hydrogen (secondary N) is 1. The Hall–Kier alpha value is -4.70. The monoisotopic (exact) mass is 728 g/mol. The van der Waals surface area contributed by atoms with Crippen LogP contribution in [-0.2, 0) is 4.79 Å². The third kappa shape index (κ3) is 5.81. The van der Waals surface area contributed by atoms with Crippen LogP contribution in [0.3, 0.4) is 0 Å². The van der Waals surface area contributed by atoms with Crippen LogP contribution in [0.2, 0.25) is 0 Å². The van der Waals surface area contributed by atoms with Gasteiger partial charge in [0, 0.05) is 79.1 Å². The van der Waals surface area contributed by atoms with Gasteiger partial charge in [-0.25, -0.2) is 17.6 Å². The molecule has 2 atom stereocenters. The van der Waals surface area contributed by atoms with Crippen LogP contribution < -0.4 is 15.0 Å². The maximum atomic E-state index is 17.0. The van der Waals surface area contributed by atoms with Crippen molar-refractivity contribution >= 4 is 33.4 Å². The van der Waals surface area contributed by atoms with Gasteiger partial charge >= 0.3 is 6.01 Å². The molecular formula is C40H40F4N6O3. The van der Waals surface area contributed by atoms with E-state index in [4.69, 9.17) is 16.1 Å². The Labute approximate surface area is 304 Å². The Bertz CT molecular complexity index is 2160. The second-order valence-corrected chi connectivity index (χ2v) is 15.9. The molecule has 13 heteroatoms. The summed E-state index contributed by atoms with van der Waals surface area (Å²) in [4.78, 5) is 31.4. The molecule has 6 fully saturated rings. The van der Waals surface area contributed by atoms with E-state index in [9.17, 15) is 23.1 Å². The van der Waals surface area contributed by atoms with E-state index in [0.29, 0.717) is 48.9 Å². The number of likely N-dealkylation sites (tertiary alicyclic amines) is 1. The number of phenolic OH excluding ortho intramolecular Hbond substituents is 1. The highest BCUT2D eigenvalue weighted by Crippen LogP contribution is 2.58. The number of aromatic hydroxyl groups is 1. The number of carbonyl (C=O) groups is 1. The number of hydrogen-bond donors (Lipinski definition) is 2. The minimum Gasteiger partial charge on any atom is -0.508 e. The molecule has 276 valence electrons. The van der Waals surface area contributed by atoms with Gasteiger partial charge in [0.1, 0.15) is 28.6 Å². The van der Waals surface area contributed by atoms with Crippen molar-refractivity contribution in [2.45, 2.75) is 82.2 Å². The number of amides is 1. The molecule has 2 N–H and O–H groups in total. The fraction of sp³-hybridized carbons (Fsp3) is 0.500. The van der Waals surface area contributed by atoms with Gasteiger partial charge in [-0.3, -0.25) is 9.78 Å². The van der Waals surface area contributed by atoms with E-state index < -0.39 is 23.0 Å². The van der Waals surface area contributed by atoms with E-state index >= 15 is 4.39 Å². The van der Waals surface area contributed by atoms with E-state index in [1.54, 1.807) is 4.90 Å². The van der Waals surface area contributed by atoms with E-state index in [1.807, 2.05) is 0 Å². The third-order valence-corrected chi connectivity index (χ3v) is 12.8. The lowest BCUT2D eigenvalue weighted by Gasteiger charge is -2.53. The number of rotatable bonds is 6. The van der Waals surface area contributed by atoms with Crippen molar-refractivity contribution < 1.29 is 32.2 Å². The lowest BCUT2D eigenvalue weighted by Crippen LogP contribution is -2.55. The number of piperazine rings is 1. The van der Waals surface area contributed by atoms with Crippen molar-refractivity contribution in [3.05, 3.63) is 47.7 Å². The highest BCUT2D eigenvalue weighted by Gasteiger charge is 2.54. The number of halogens is 4. The summed E-state index contributed by atoms with van der Waals surface area (Å²) in [7, 11) is 0. The van der Waals surface area contributed by atoms with Gasteiger partial charge in [0.05, 0.1) is 17.6 Å². The summed E-state index contributed by atoms with van der Waals surface area (Å²) in [5, 5.41) is 15.3. The normalized spacial score (nSPS) is 27.7. The third-order valence-electron chi connectivity index (χ3n) is 12.8. The first-order chi connectivity index (χ1) is 25.5. The Morgan fingerprint density at radius 1 is 1.00 bits per heavy atom. The molecule has 3 saturated carbocycles. The molecule has 3 saturated heterocycles. The fourth-order valence-electron chi connectivity index (χ4n) is 9.63. The second kappa shape index (κ2) is 12.4. The van der Waals surface area contributed by atoms with Gasteiger partial charge in [0.2, 0.25) is 5.91 Å². The van der Waals surface area contributed by atoms with Crippen LogP contribution in [0.15, 0.2) is 30.5 Å². The summed E-state index contributed by atoms with van der Waals surface area (Å²) in [5.41, 5.74) is -0.834. The molecule has 3 aliphatic carbocycles. The molecule has 6 aliphatic rings. The van der Waals surface area contributed by atoms with E-state index in [2.05, 4.69) is 26.1 Å². The van der Waals surface area contributed by atoms with Crippen LogP contribution in [0.1, 0.15) is 69.8 Å². The van der Waals surface area contributed by atoms with Gasteiger partial charge in [-0.05, 0) is 75.0 Å². The zero-order chi connectivity index (χ0) is 36.7. The van der Waals surface area contributed by atoms with Crippen LogP contribution in [0.25, 0.3) is 32.9 Å². The topological polar surface area (TPSA) is 104 Å². The molecule has 0 radical (unpaired) electrons. The lowest BCUT2D eigenvalue weighted by atomic mass is 9.53. The number of terminal acetylenes is 1. The number of fused-ring (bicyclic) bond motifs is 7. The summed E-state index contributed by atoms with van der Waals surface area (Å²) in [6, 6.07) is 6.00. The standard InChI is InChI=1S/C40H40F4N6O3/c1-2-27-30(41)6-3-23-17-26(51)18-28(31(23)27)33-32(42)34-29(19-45-33)35(50-20-24-4-5-25(21-50)46-24)48-37(47-34)53-22-38-7-10-39(11-8-38,12-9-38)36(52)49-15-13-40(43,44)14-16-49/h1,3,6,17-19,24-25,46,51H,4-5,7-16,20-22H2/t24-,25+,38?,39?. The largest absolute Gasteiger partial charge is 0.508 e. The smallest absolute Gasteiger partial charge is 0.319 e. The second-order valence-electron chi connectivity index (χ2n) is 15.9. The van der Waals surface area contributed by atoms with Crippen molar-refractivity contribution in [1.82, 2.24) is 25.2 Å². The highest BCUT2D eigenvalue weighted by molar-refractivity contribution is 6.03. The molecule has 1 amide bonds. The molecule has 9 nitrogen and oxygen atoms in total. The first kappa shape index (κ1) is 34.1. The zero-order valence-corrected chi connectivity index (χ0v) is 29.2. The summed E-state index contributed by atoms with van der Waals surface area (Å²) >= 11 is 0. The van der Waals surface area contributed by atoms with Crippen LogP contribution in [0, 0.1) is 34.8 Å². The minimum absolute atomic E-state index is 0.00576. The maximum Gasteiger partial charge on any atom is 0.319 e. The molecule has 53 heavy (non-hydrogen) atoms. The summed E-state index contributed by atoms with van der Waals surface area (Å²) in [5.74, 6) is -1.40. The molecule has 0 unspecified atom stereocenters. The molecule has 5 heterocycles. The Morgan fingerprint density at radius 2 is 1.70 bits per heavy atom. The van der Waals surface area contributed by atoms with Crippen LogP contribution in [0.4, 0.5) is 23.4 Å². The summed E-state index contributed by atoms with van der Waals surface area (Å²) in [6.45, 7) is 1.81. The van der Waals surface area contributed by atoms with Crippen molar-refractivity contribution in [3.63, 3.8) is 0 Å². The maximum absolute atomic E-state index is 17.0. The number of ether oxygens (including phenoxy) is 1. The van der Waals surface area contributed by atoms with Crippen molar-refractivity contribution in [1.29, 1.82) is 0 Å². The fourth-order valence-corrected chi connectivity index (χ4v) is 9.63. The number of nitrogens with zero attached hydrogens (tertiary/aromatic N) is 5. The molecule has 2 aromatic heterocycles. The van der Waals surface area contributed by atoms with Gasteiger partial charge in [-0.1, -0.05) is 12.0 Å². The first-order valence-corrected chi connectivity index (χ1v) is 18.5. The summed E-state index contributed by atoms with van der Waals surface area (Å²) in [6.07, 6.45) is 12.9.